The highest BCUT2D eigenvalue weighted by molar-refractivity contribution is 6.06. The second-order valence-corrected chi connectivity index (χ2v) is 3.91. The predicted octanol–water partition coefficient (Wildman–Crippen LogP) is 0.400. The van der Waals surface area contributed by atoms with Gasteiger partial charge in [-0.05, 0) is 6.07 Å². The van der Waals surface area contributed by atoms with Crippen molar-refractivity contribution in [1.29, 1.82) is 0 Å². The van der Waals surface area contributed by atoms with Crippen LogP contribution in [0.5, 0.6) is 0 Å². The maximum absolute atomic E-state index is 13.5. The molecule has 0 saturated carbocycles. The molecule has 0 radical (unpaired) electrons. The van der Waals surface area contributed by atoms with Crippen LogP contribution in [-0.2, 0) is 7.05 Å². The number of hydrazine groups is 1. The molecule has 4 N–H and O–H groups in total. The summed E-state index contributed by atoms with van der Waals surface area (Å²) in [6.45, 7) is 0. The van der Waals surface area contributed by atoms with E-state index in [9.17, 15) is 19.3 Å². The molecule has 0 atom stereocenters. The highest BCUT2D eigenvalue weighted by Crippen LogP contribution is 2.26. The molecule has 0 unspecified atom stereocenters. The van der Waals surface area contributed by atoms with Gasteiger partial charge in [-0.2, -0.15) is 10.1 Å². The number of aromatic nitrogens is 3. The lowest BCUT2D eigenvalue weighted by Crippen LogP contribution is -2.18. The Hall–Kier alpha value is -3.08. The number of hydrogen-bond acceptors (Lipinski definition) is 7. The molecule has 2 aromatic rings. The number of nitrogens with two attached hydrogens (primary N) is 1. The van der Waals surface area contributed by atoms with Crippen molar-refractivity contribution in [3.05, 3.63) is 40.0 Å². The molecule has 0 saturated heterocycles. The molecule has 0 aliphatic carbocycles. The first kappa shape index (κ1) is 14.3. The molecule has 110 valence electrons. The summed E-state index contributed by atoms with van der Waals surface area (Å²) >= 11 is 0. The van der Waals surface area contributed by atoms with E-state index < -0.39 is 22.3 Å². The second kappa shape index (κ2) is 5.50. The third kappa shape index (κ3) is 2.76. The minimum absolute atomic E-state index is 0.0841. The van der Waals surface area contributed by atoms with Gasteiger partial charge < -0.3 is 5.43 Å². The van der Waals surface area contributed by atoms with Gasteiger partial charge in [0.25, 0.3) is 11.6 Å². The van der Waals surface area contributed by atoms with Crippen LogP contribution in [0.1, 0.15) is 10.4 Å². The molecule has 1 aromatic heterocycles. The zero-order valence-corrected chi connectivity index (χ0v) is 10.7. The van der Waals surface area contributed by atoms with Gasteiger partial charge in [0.1, 0.15) is 11.9 Å². The van der Waals surface area contributed by atoms with Crippen LogP contribution in [0, 0.1) is 15.9 Å². The maximum atomic E-state index is 13.5. The van der Waals surface area contributed by atoms with Crippen LogP contribution in [0.3, 0.4) is 0 Å². The largest absolute Gasteiger partial charge is 0.321 e. The molecule has 21 heavy (non-hydrogen) atoms. The number of rotatable bonds is 4. The van der Waals surface area contributed by atoms with Gasteiger partial charge in [0.05, 0.1) is 16.7 Å². The number of carbonyl (C=O) groups is 1. The van der Waals surface area contributed by atoms with Gasteiger partial charge in [0.15, 0.2) is 5.82 Å². The molecule has 0 aliphatic heterocycles. The summed E-state index contributed by atoms with van der Waals surface area (Å²) in [7, 11) is 1.52. The van der Waals surface area contributed by atoms with E-state index in [-0.39, 0.29) is 17.2 Å². The van der Waals surface area contributed by atoms with Crippen molar-refractivity contribution in [2.75, 3.05) is 10.7 Å². The zero-order chi connectivity index (χ0) is 15.6. The fraction of sp³-hybridized carbons (Fsp3) is 0.100. The number of aryl methyl sites for hydroxylation is 1. The fourth-order valence-corrected chi connectivity index (χ4v) is 1.58. The summed E-state index contributed by atoms with van der Waals surface area (Å²) in [6, 6.07) is 1.56. The Balaban J connectivity index is 2.43. The van der Waals surface area contributed by atoms with E-state index in [0.29, 0.717) is 6.07 Å². The molecule has 0 aliphatic rings. The standard InChI is InChI=1S/C10H10FN7O3/c1-17-10(13-4-14-17)15-9(19)5-2-7(16-12)6(11)3-8(5)18(20)21/h2-4,16H,12H2,1H3,(H,13,14,15,19). The number of amides is 1. The molecular weight excluding hydrogens is 285 g/mol. The van der Waals surface area contributed by atoms with Crippen molar-refractivity contribution in [3.8, 4) is 0 Å². The number of nitrogen functional groups attached to an aromatic ring is 1. The van der Waals surface area contributed by atoms with Crippen LogP contribution in [0.2, 0.25) is 0 Å². The molecule has 1 aromatic carbocycles. The van der Waals surface area contributed by atoms with E-state index >= 15 is 0 Å². The Kier molecular flexibility index (Phi) is 3.75. The number of nitro groups is 1. The fourth-order valence-electron chi connectivity index (χ4n) is 1.58. The Bertz CT molecular complexity index is 715. The molecule has 0 spiro atoms. The van der Waals surface area contributed by atoms with Crippen LogP contribution in [0.4, 0.5) is 21.7 Å². The van der Waals surface area contributed by atoms with Gasteiger partial charge in [-0.3, -0.25) is 26.1 Å². The summed E-state index contributed by atoms with van der Waals surface area (Å²) in [5, 5.41) is 17.0. The van der Waals surface area contributed by atoms with Crippen LogP contribution in [0.25, 0.3) is 0 Å². The van der Waals surface area contributed by atoms with Gasteiger partial charge in [-0.25, -0.2) is 9.07 Å². The van der Waals surface area contributed by atoms with Crippen LogP contribution < -0.4 is 16.6 Å². The molecule has 11 heteroatoms. The number of anilines is 2. The van der Waals surface area contributed by atoms with E-state index in [1.807, 2.05) is 5.43 Å². The zero-order valence-electron chi connectivity index (χ0n) is 10.7. The summed E-state index contributed by atoms with van der Waals surface area (Å²) in [5.41, 5.74) is 0.717. The highest BCUT2D eigenvalue weighted by atomic mass is 19.1. The Morgan fingerprint density at radius 2 is 2.24 bits per heavy atom. The predicted molar refractivity (Wildman–Crippen MR) is 69.8 cm³/mol. The number of halogens is 1. The molecule has 1 heterocycles. The monoisotopic (exact) mass is 295 g/mol. The lowest BCUT2D eigenvalue weighted by atomic mass is 10.1. The van der Waals surface area contributed by atoms with Crippen molar-refractivity contribution in [1.82, 2.24) is 14.8 Å². The van der Waals surface area contributed by atoms with Gasteiger partial charge in [0.2, 0.25) is 5.95 Å². The first-order chi connectivity index (χ1) is 9.93. The highest BCUT2D eigenvalue weighted by Gasteiger charge is 2.24. The molecule has 10 nitrogen and oxygen atoms in total. The Morgan fingerprint density at radius 3 is 2.76 bits per heavy atom. The summed E-state index contributed by atoms with van der Waals surface area (Å²) in [5.74, 6) is 3.39. The van der Waals surface area contributed by atoms with Crippen molar-refractivity contribution >= 4 is 23.2 Å². The molecule has 0 bridgehead atoms. The molecular formula is C10H10FN7O3. The Morgan fingerprint density at radius 1 is 1.52 bits per heavy atom. The van der Waals surface area contributed by atoms with E-state index in [1.165, 1.54) is 18.1 Å². The minimum atomic E-state index is -0.945. The average Bonchev–Trinajstić information content (AvgIpc) is 2.83. The molecule has 1 amide bonds. The van der Waals surface area contributed by atoms with Crippen LogP contribution in [-0.4, -0.2) is 25.6 Å². The SMILES string of the molecule is Cn1ncnc1NC(=O)c1cc(NN)c(F)cc1[N+](=O)[O-]. The lowest BCUT2D eigenvalue weighted by molar-refractivity contribution is -0.385. The number of nitrogens with one attached hydrogen (secondary N) is 2. The number of nitro benzene ring substituents is 1. The van der Waals surface area contributed by atoms with Gasteiger partial charge in [0, 0.05) is 7.05 Å². The van der Waals surface area contributed by atoms with Crippen LogP contribution >= 0.6 is 0 Å². The van der Waals surface area contributed by atoms with E-state index in [1.54, 1.807) is 0 Å². The third-order valence-corrected chi connectivity index (χ3v) is 2.62. The first-order valence-electron chi connectivity index (χ1n) is 5.54. The number of hydrogen-bond donors (Lipinski definition) is 3. The van der Waals surface area contributed by atoms with Crippen molar-refractivity contribution < 1.29 is 14.1 Å². The smallest absolute Gasteiger partial charge is 0.285 e. The molecule has 0 fully saturated rings. The normalized spacial score (nSPS) is 10.2. The average molecular weight is 295 g/mol. The number of benzene rings is 1. The van der Waals surface area contributed by atoms with Crippen molar-refractivity contribution in [2.45, 2.75) is 0 Å². The van der Waals surface area contributed by atoms with Crippen LogP contribution in [0.15, 0.2) is 18.5 Å². The van der Waals surface area contributed by atoms with Gasteiger partial charge >= 0.3 is 0 Å². The lowest BCUT2D eigenvalue weighted by Gasteiger charge is -2.08. The Labute approximate surface area is 116 Å². The summed E-state index contributed by atoms with van der Waals surface area (Å²) < 4.78 is 14.7. The molecule has 2 rings (SSSR count). The topological polar surface area (TPSA) is 141 Å². The van der Waals surface area contributed by atoms with E-state index in [0.717, 1.165) is 6.07 Å². The van der Waals surface area contributed by atoms with Gasteiger partial charge in [-0.1, -0.05) is 0 Å². The van der Waals surface area contributed by atoms with E-state index in [2.05, 4.69) is 15.4 Å². The minimum Gasteiger partial charge on any atom is -0.321 e. The van der Waals surface area contributed by atoms with Crippen molar-refractivity contribution in [3.63, 3.8) is 0 Å². The first-order valence-corrected chi connectivity index (χ1v) is 5.54. The maximum Gasteiger partial charge on any atom is 0.285 e. The van der Waals surface area contributed by atoms with E-state index in [4.69, 9.17) is 5.84 Å². The quantitative estimate of drug-likeness (QED) is 0.421. The third-order valence-electron chi connectivity index (χ3n) is 2.62. The summed E-state index contributed by atoms with van der Waals surface area (Å²) in [4.78, 5) is 25.9. The number of nitrogens with zero attached hydrogens (tertiary/aromatic N) is 4. The number of carbonyl (C=O) groups excluding carboxylic acids is 1. The van der Waals surface area contributed by atoms with Gasteiger partial charge in [-0.15, -0.1) is 0 Å². The van der Waals surface area contributed by atoms with Crippen molar-refractivity contribution in [2.24, 2.45) is 12.9 Å². The second-order valence-electron chi connectivity index (χ2n) is 3.91. The summed E-state index contributed by atoms with van der Waals surface area (Å²) in [6.07, 6.45) is 1.20.